The predicted octanol–water partition coefficient (Wildman–Crippen LogP) is 3.53. The number of ether oxygens (including phenoxy) is 1. The number of imidazole rings is 1. The number of methoxy groups -OCH3 is 1. The maximum Gasteiger partial charge on any atom is 0.122 e. The molecule has 0 bridgehead atoms. The molecule has 2 aromatic heterocycles. The van der Waals surface area contributed by atoms with Crippen molar-refractivity contribution < 1.29 is 4.74 Å². The van der Waals surface area contributed by atoms with Gasteiger partial charge in [-0.15, -0.1) is 0 Å². The summed E-state index contributed by atoms with van der Waals surface area (Å²) >= 11 is 0. The Morgan fingerprint density at radius 3 is 2.96 bits per heavy atom. The van der Waals surface area contributed by atoms with Crippen LogP contribution < -0.4 is 4.74 Å². The second-order valence-electron chi connectivity index (χ2n) is 6.24. The van der Waals surface area contributed by atoms with Gasteiger partial charge in [-0.2, -0.15) is 10.2 Å². The molecule has 25 heavy (non-hydrogen) atoms. The molecule has 0 N–H and O–H groups in total. The van der Waals surface area contributed by atoms with Gasteiger partial charge in [0.2, 0.25) is 0 Å². The number of hydrogen-bond donors (Lipinski definition) is 0. The molecule has 4 rings (SSSR count). The first-order valence-electron chi connectivity index (χ1n) is 8.41. The van der Waals surface area contributed by atoms with E-state index in [1.807, 2.05) is 31.5 Å². The first-order chi connectivity index (χ1) is 12.2. The number of fused-ring (bicyclic) bond motifs is 1. The van der Waals surface area contributed by atoms with Crippen LogP contribution in [0.3, 0.4) is 0 Å². The van der Waals surface area contributed by atoms with E-state index in [4.69, 9.17) is 4.74 Å². The van der Waals surface area contributed by atoms with Crippen LogP contribution in [-0.4, -0.2) is 26.9 Å². The molecule has 0 saturated heterocycles. The van der Waals surface area contributed by atoms with Gasteiger partial charge in [0, 0.05) is 18.0 Å². The lowest BCUT2D eigenvalue weighted by atomic mass is 9.88. The maximum atomic E-state index is 5.48. The lowest BCUT2D eigenvalue weighted by Crippen LogP contribution is -2.06. The monoisotopic (exact) mass is 332 g/mol. The number of hydrogen-bond acceptors (Lipinski definition) is 4. The third-order valence-corrected chi connectivity index (χ3v) is 4.70. The molecule has 3 aromatic rings. The summed E-state index contributed by atoms with van der Waals surface area (Å²) < 4.78 is 7.55. The van der Waals surface area contributed by atoms with Crippen LogP contribution in [0.15, 0.2) is 42.9 Å². The van der Waals surface area contributed by atoms with Crippen LogP contribution in [-0.2, 0) is 13.0 Å². The van der Waals surface area contributed by atoms with E-state index in [0.29, 0.717) is 6.54 Å². The molecule has 1 aliphatic carbocycles. The lowest BCUT2D eigenvalue weighted by Gasteiger charge is -2.19. The number of aryl methyl sites for hydroxylation is 1. The van der Waals surface area contributed by atoms with Crippen molar-refractivity contribution in [1.82, 2.24) is 19.7 Å². The summed E-state index contributed by atoms with van der Waals surface area (Å²) in [5.41, 5.74) is 5.88. The molecule has 0 fully saturated rings. The van der Waals surface area contributed by atoms with E-state index >= 15 is 0 Å². The molecule has 0 unspecified atom stereocenters. The highest BCUT2D eigenvalue weighted by atomic mass is 16.5. The topological polar surface area (TPSA) is 52.8 Å². The molecule has 0 amide bonds. The van der Waals surface area contributed by atoms with E-state index in [2.05, 4.69) is 38.0 Å². The summed E-state index contributed by atoms with van der Waals surface area (Å²) in [4.78, 5) is 4.26. The Labute approximate surface area is 147 Å². The number of allylic oxidation sites excluding steroid dienone is 1. The van der Waals surface area contributed by atoms with Crippen molar-refractivity contribution in [3.8, 4) is 5.75 Å². The van der Waals surface area contributed by atoms with Crippen molar-refractivity contribution in [3.05, 3.63) is 71.1 Å². The average Bonchev–Trinajstić information content (AvgIpc) is 3.05. The standard InChI is InChI=1S/C20H20N4O/c1-14-21-8-9-24(14)13-18-11-17(12-22-23-18)15-6-7-19-16(10-15)4-3-5-20(19)25-2/h3-5,8-12H,6-7,13H2,1-2H3. The smallest absolute Gasteiger partial charge is 0.122 e. The minimum absolute atomic E-state index is 0.685. The molecule has 5 heteroatoms. The van der Waals surface area contributed by atoms with Gasteiger partial charge in [0.15, 0.2) is 0 Å². The highest BCUT2D eigenvalue weighted by molar-refractivity contribution is 5.84. The van der Waals surface area contributed by atoms with E-state index in [0.717, 1.165) is 35.7 Å². The zero-order valence-corrected chi connectivity index (χ0v) is 14.4. The summed E-state index contributed by atoms with van der Waals surface area (Å²) in [5.74, 6) is 1.95. The van der Waals surface area contributed by atoms with Crippen LogP contribution >= 0.6 is 0 Å². The molecule has 0 saturated carbocycles. The summed E-state index contributed by atoms with van der Waals surface area (Å²) in [5, 5.41) is 8.49. The first-order valence-corrected chi connectivity index (χ1v) is 8.41. The van der Waals surface area contributed by atoms with Gasteiger partial charge in [0.05, 0.1) is 25.5 Å². The zero-order chi connectivity index (χ0) is 17.2. The Morgan fingerprint density at radius 1 is 1.24 bits per heavy atom. The van der Waals surface area contributed by atoms with Gasteiger partial charge >= 0.3 is 0 Å². The largest absolute Gasteiger partial charge is 0.496 e. The predicted molar refractivity (Wildman–Crippen MR) is 97.3 cm³/mol. The Morgan fingerprint density at radius 2 is 2.16 bits per heavy atom. The molecule has 0 radical (unpaired) electrons. The van der Waals surface area contributed by atoms with Crippen molar-refractivity contribution in [1.29, 1.82) is 0 Å². The van der Waals surface area contributed by atoms with Crippen LogP contribution in [0.25, 0.3) is 11.6 Å². The molecule has 5 nitrogen and oxygen atoms in total. The van der Waals surface area contributed by atoms with Crippen LogP contribution in [0.1, 0.15) is 34.6 Å². The Hall–Kier alpha value is -2.95. The van der Waals surface area contributed by atoms with Gasteiger partial charge in [0.25, 0.3) is 0 Å². The van der Waals surface area contributed by atoms with Gasteiger partial charge < -0.3 is 9.30 Å². The lowest BCUT2D eigenvalue weighted by molar-refractivity contribution is 0.409. The minimum Gasteiger partial charge on any atom is -0.496 e. The molecule has 1 aliphatic rings. The maximum absolute atomic E-state index is 5.48. The second-order valence-corrected chi connectivity index (χ2v) is 6.24. The third kappa shape index (κ3) is 3.05. The van der Waals surface area contributed by atoms with Gasteiger partial charge in [-0.05, 0) is 48.6 Å². The van der Waals surface area contributed by atoms with Gasteiger partial charge in [-0.25, -0.2) is 4.98 Å². The highest BCUT2D eigenvalue weighted by Gasteiger charge is 2.16. The fraction of sp³-hybridized carbons (Fsp3) is 0.250. The fourth-order valence-corrected chi connectivity index (χ4v) is 3.33. The van der Waals surface area contributed by atoms with Crippen molar-refractivity contribution >= 4 is 11.6 Å². The fourth-order valence-electron chi connectivity index (χ4n) is 3.33. The van der Waals surface area contributed by atoms with Gasteiger partial charge in [0.1, 0.15) is 11.6 Å². The number of benzene rings is 1. The quantitative estimate of drug-likeness (QED) is 0.733. The van der Waals surface area contributed by atoms with E-state index in [-0.39, 0.29) is 0 Å². The third-order valence-electron chi connectivity index (χ3n) is 4.70. The van der Waals surface area contributed by atoms with E-state index in [1.54, 1.807) is 13.3 Å². The van der Waals surface area contributed by atoms with Crippen LogP contribution in [0.4, 0.5) is 0 Å². The molecule has 126 valence electrons. The number of nitrogens with zero attached hydrogens (tertiary/aromatic N) is 4. The van der Waals surface area contributed by atoms with Crippen molar-refractivity contribution in [3.63, 3.8) is 0 Å². The minimum atomic E-state index is 0.685. The summed E-state index contributed by atoms with van der Waals surface area (Å²) in [6.07, 6.45) is 9.81. The van der Waals surface area contributed by atoms with E-state index in [9.17, 15) is 0 Å². The summed E-state index contributed by atoms with van der Waals surface area (Å²) in [6.45, 7) is 2.68. The zero-order valence-electron chi connectivity index (χ0n) is 14.4. The van der Waals surface area contributed by atoms with Crippen LogP contribution in [0.2, 0.25) is 0 Å². The molecule has 0 atom stereocenters. The molecule has 2 heterocycles. The van der Waals surface area contributed by atoms with Crippen molar-refractivity contribution in [2.75, 3.05) is 7.11 Å². The van der Waals surface area contributed by atoms with Gasteiger partial charge in [-0.3, -0.25) is 0 Å². The Bertz CT molecular complexity index is 942. The second kappa shape index (κ2) is 6.51. The first kappa shape index (κ1) is 15.6. The highest BCUT2D eigenvalue weighted by Crippen LogP contribution is 2.34. The average molecular weight is 332 g/mol. The Kier molecular flexibility index (Phi) is 4.06. The Balaban J connectivity index is 1.65. The van der Waals surface area contributed by atoms with Crippen LogP contribution in [0, 0.1) is 6.92 Å². The van der Waals surface area contributed by atoms with Crippen molar-refractivity contribution in [2.24, 2.45) is 0 Å². The number of aromatic nitrogens is 4. The number of rotatable bonds is 4. The molecule has 0 aliphatic heterocycles. The van der Waals surface area contributed by atoms with Crippen molar-refractivity contribution in [2.45, 2.75) is 26.3 Å². The normalized spacial score (nSPS) is 13.3. The van der Waals surface area contributed by atoms with Crippen LogP contribution in [0.5, 0.6) is 5.75 Å². The molecular weight excluding hydrogens is 312 g/mol. The molecule has 1 aromatic carbocycles. The summed E-state index contributed by atoms with van der Waals surface area (Å²) in [7, 11) is 1.73. The SMILES string of the molecule is COc1cccc2c1CCC(c1cnnc(Cn3ccnc3C)c1)=C2. The summed E-state index contributed by atoms with van der Waals surface area (Å²) in [6, 6.07) is 8.33. The molecular formula is C20H20N4O. The molecule has 0 spiro atoms. The van der Waals surface area contributed by atoms with E-state index in [1.165, 1.54) is 16.7 Å². The van der Waals surface area contributed by atoms with E-state index < -0.39 is 0 Å². The van der Waals surface area contributed by atoms with Gasteiger partial charge in [-0.1, -0.05) is 18.2 Å².